The molecule has 0 aliphatic carbocycles. The zero-order chi connectivity index (χ0) is 15.6. The van der Waals surface area contributed by atoms with E-state index in [4.69, 9.17) is 4.42 Å². The van der Waals surface area contributed by atoms with E-state index in [0.29, 0.717) is 17.9 Å². The predicted octanol–water partition coefficient (Wildman–Crippen LogP) is 4.57. The second-order valence-electron chi connectivity index (χ2n) is 5.35. The number of benzene rings is 1. The van der Waals surface area contributed by atoms with Crippen molar-refractivity contribution in [2.24, 2.45) is 0 Å². The average Bonchev–Trinajstić information content (AvgIpc) is 2.77. The first kappa shape index (κ1) is 15.7. The van der Waals surface area contributed by atoms with Gasteiger partial charge in [0.25, 0.3) is 0 Å². The highest BCUT2D eigenvalue weighted by molar-refractivity contribution is 5.38. The summed E-state index contributed by atoms with van der Waals surface area (Å²) in [6.07, 6.45) is 0.876. The summed E-state index contributed by atoms with van der Waals surface area (Å²) < 4.78 is 34.2. The number of halogens is 2. The van der Waals surface area contributed by atoms with Crippen LogP contribution in [0.3, 0.4) is 0 Å². The second kappa shape index (κ2) is 6.39. The van der Waals surface area contributed by atoms with Gasteiger partial charge in [0.15, 0.2) is 0 Å². The first-order valence-corrected chi connectivity index (χ1v) is 7.20. The van der Waals surface area contributed by atoms with Crippen molar-refractivity contribution in [1.82, 2.24) is 5.32 Å². The van der Waals surface area contributed by atoms with E-state index < -0.39 is 17.7 Å². The van der Waals surface area contributed by atoms with Crippen LogP contribution in [0.15, 0.2) is 22.6 Å². The molecule has 2 aromatic rings. The maximum absolute atomic E-state index is 14.5. The van der Waals surface area contributed by atoms with E-state index in [0.717, 1.165) is 17.7 Å². The minimum absolute atomic E-state index is 0.0624. The molecule has 0 aliphatic heterocycles. The first-order valence-electron chi connectivity index (χ1n) is 7.20. The zero-order valence-electron chi connectivity index (χ0n) is 12.9. The molecule has 4 heteroatoms. The molecule has 114 valence electrons. The molecule has 0 saturated heterocycles. The van der Waals surface area contributed by atoms with Gasteiger partial charge >= 0.3 is 0 Å². The molecule has 1 heterocycles. The Morgan fingerprint density at radius 3 is 2.48 bits per heavy atom. The summed E-state index contributed by atoms with van der Waals surface area (Å²) in [6, 6.07) is 4.07. The summed E-state index contributed by atoms with van der Waals surface area (Å²) in [5.41, 5.74) is 1.28. The maximum Gasteiger partial charge on any atom is 0.134 e. The SMILES string of the molecule is CCCNC(c1cc(C)oc1C)c1c(F)ccc(C)c1F. The van der Waals surface area contributed by atoms with Crippen molar-refractivity contribution >= 4 is 0 Å². The Labute approximate surface area is 124 Å². The van der Waals surface area contributed by atoms with Gasteiger partial charge in [0.2, 0.25) is 0 Å². The van der Waals surface area contributed by atoms with Crippen LogP contribution in [0.1, 0.15) is 47.6 Å². The molecule has 0 saturated carbocycles. The monoisotopic (exact) mass is 293 g/mol. The zero-order valence-corrected chi connectivity index (χ0v) is 12.9. The van der Waals surface area contributed by atoms with Gasteiger partial charge in [0.05, 0.1) is 6.04 Å². The van der Waals surface area contributed by atoms with E-state index in [9.17, 15) is 8.78 Å². The van der Waals surface area contributed by atoms with E-state index in [2.05, 4.69) is 5.32 Å². The minimum Gasteiger partial charge on any atom is -0.466 e. The summed E-state index contributed by atoms with van der Waals surface area (Å²) in [5, 5.41) is 3.23. The van der Waals surface area contributed by atoms with Gasteiger partial charge in [-0.2, -0.15) is 0 Å². The number of hydrogen-bond acceptors (Lipinski definition) is 2. The molecule has 0 radical (unpaired) electrons. The Hall–Kier alpha value is -1.68. The molecule has 1 atom stereocenters. The lowest BCUT2D eigenvalue weighted by atomic mass is 9.96. The highest BCUT2D eigenvalue weighted by Crippen LogP contribution is 2.31. The molecule has 0 amide bonds. The first-order chi connectivity index (χ1) is 9.95. The molecule has 0 spiro atoms. The van der Waals surface area contributed by atoms with Crippen molar-refractivity contribution in [2.45, 2.75) is 40.2 Å². The molecular weight excluding hydrogens is 272 g/mol. The fourth-order valence-corrected chi connectivity index (χ4v) is 2.54. The van der Waals surface area contributed by atoms with Crippen LogP contribution in [0.5, 0.6) is 0 Å². The minimum atomic E-state index is -0.540. The molecule has 2 nitrogen and oxygen atoms in total. The van der Waals surface area contributed by atoms with Crippen LogP contribution in [0.2, 0.25) is 0 Å². The standard InChI is InChI=1S/C17H21F2NO/c1-5-8-20-17(13-9-11(3)21-12(13)4)15-14(18)7-6-10(2)16(15)19/h6-7,9,17,20H,5,8H2,1-4H3. The van der Waals surface area contributed by atoms with Gasteiger partial charge in [0, 0.05) is 11.1 Å². The quantitative estimate of drug-likeness (QED) is 0.873. The van der Waals surface area contributed by atoms with Crippen LogP contribution < -0.4 is 5.32 Å². The molecule has 0 fully saturated rings. The van der Waals surface area contributed by atoms with E-state index in [1.807, 2.05) is 26.8 Å². The number of hydrogen-bond donors (Lipinski definition) is 1. The van der Waals surface area contributed by atoms with Crippen molar-refractivity contribution < 1.29 is 13.2 Å². The molecule has 21 heavy (non-hydrogen) atoms. The van der Waals surface area contributed by atoms with Crippen molar-refractivity contribution in [2.75, 3.05) is 6.54 Å². The van der Waals surface area contributed by atoms with Gasteiger partial charge in [-0.1, -0.05) is 13.0 Å². The highest BCUT2D eigenvalue weighted by atomic mass is 19.1. The topological polar surface area (TPSA) is 25.2 Å². The van der Waals surface area contributed by atoms with Gasteiger partial charge in [-0.3, -0.25) is 0 Å². The Kier molecular flexibility index (Phi) is 4.78. The summed E-state index contributed by atoms with van der Waals surface area (Å²) >= 11 is 0. The lowest BCUT2D eigenvalue weighted by Gasteiger charge is -2.20. The van der Waals surface area contributed by atoms with Crippen LogP contribution in [0.4, 0.5) is 8.78 Å². The molecule has 0 bridgehead atoms. The summed E-state index contributed by atoms with van der Waals surface area (Å²) in [6.45, 7) is 7.97. The second-order valence-corrected chi connectivity index (χ2v) is 5.35. The largest absolute Gasteiger partial charge is 0.466 e. The van der Waals surface area contributed by atoms with Crippen LogP contribution in [-0.2, 0) is 0 Å². The summed E-state index contributed by atoms with van der Waals surface area (Å²) in [5.74, 6) is 0.382. The third kappa shape index (κ3) is 3.16. The normalized spacial score (nSPS) is 12.7. The maximum atomic E-state index is 14.5. The summed E-state index contributed by atoms with van der Waals surface area (Å²) in [4.78, 5) is 0. The van der Waals surface area contributed by atoms with Gasteiger partial charge < -0.3 is 9.73 Å². The molecule has 1 N–H and O–H groups in total. The molecular formula is C17H21F2NO. The Morgan fingerprint density at radius 2 is 1.90 bits per heavy atom. The third-order valence-electron chi connectivity index (χ3n) is 3.60. The lowest BCUT2D eigenvalue weighted by molar-refractivity contribution is 0.477. The number of furan rings is 1. The van der Waals surface area contributed by atoms with Gasteiger partial charge in [0.1, 0.15) is 23.2 Å². The molecule has 1 unspecified atom stereocenters. The number of rotatable bonds is 5. The molecule has 1 aromatic carbocycles. The van der Waals surface area contributed by atoms with Crippen LogP contribution in [-0.4, -0.2) is 6.54 Å². The lowest BCUT2D eigenvalue weighted by Crippen LogP contribution is -2.25. The van der Waals surface area contributed by atoms with E-state index >= 15 is 0 Å². The van der Waals surface area contributed by atoms with Crippen molar-refractivity contribution in [3.63, 3.8) is 0 Å². The fraction of sp³-hybridized carbons (Fsp3) is 0.412. The van der Waals surface area contributed by atoms with Crippen LogP contribution in [0, 0.1) is 32.4 Å². The average molecular weight is 293 g/mol. The fourth-order valence-electron chi connectivity index (χ4n) is 2.54. The molecule has 0 aliphatic rings. The van der Waals surface area contributed by atoms with E-state index in [-0.39, 0.29) is 5.56 Å². The van der Waals surface area contributed by atoms with Crippen LogP contribution in [0.25, 0.3) is 0 Å². The van der Waals surface area contributed by atoms with Gasteiger partial charge in [-0.15, -0.1) is 0 Å². The van der Waals surface area contributed by atoms with Crippen molar-refractivity contribution in [3.05, 3.63) is 58.0 Å². The highest BCUT2D eigenvalue weighted by Gasteiger charge is 2.25. The van der Waals surface area contributed by atoms with Crippen molar-refractivity contribution in [1.29, 1.82) is 0 Å². The third-order valence-corrected chi connectivity index (χ3v) is 3.60. The number of aryl methyl sites for hydroxylation is 3. The van der Waals surface area contributed by atoms with E-state index in [1.165, 1.54) is 12.1 Å². The number of nitrogens with one attached hydrogen (secondary N) is 1. The van der Waals surface area contributed by atoms with Gasteiger partial charge in [-0.05, 0) is 51.4 Å². The van der Waals surface area contributed by atoms with E-state index in [1.54, 1.807) is 6.92 Å². The Balaban J connectivity index is 2.56. The predicted molar refractivity (Wildman–Crippen MR) is 79.4 cm³/mol. The Morgan fingerprint density at radius 1 is 1.19 bits per heavy atom. The smallest absolute Gasteiger partial charge is 0.134 e. The van der Waals surface area contributed by atoms with Crippen LogP contribution >= 0.6 is 0 Å². The van der Waals surface area contributed by atoms with Crippen molar-refractivity contribution in [3.8, 4) is 0 Å². The summed E-state index contributed by atoms with van der Waals surface area (Å²) in [7, 11) is 0. The molecule has 2 rings (SSSR count). The van der Waals surface area contributed by atoms with Gasteiger partial charge in [-0.25, -0.2) is 8.78 Å². The molecule has 1 aromatic heterocycles. The Bertz CT molecular complexity index is 634.